The smallest absolute Gasteiger partial charge is 0.382 e. The first kappa shape index (κ1) is 18.5. The van der Waals surface area contributed by atoms with E-state index < -0.39 is 11.7 Å². The van der Waals surface area contributed by atoms with Crippen LogP contribution in [0.15, 0.2) is 53.9 Å². The standard InChI is InChI=1S/C18H11ClF3N5S/c19-12-6-4-10(5-7-12)14-9-28-17(24-14)15-16(23)27(26-25-15)13-3-1-2-11(8-13)18(20,21)22/h1-9H,23H2. The molecule has 0 fully saturated rings. The van der Waals surface area contributed by atoms with Crippen LogP contribution in [-0.4, -0.2) is 20.0 Å². The van der Waals surface area contributed by atoms with Gasteiger partial charge in [-0.25, -0.2) is 4.98 Å². The first-order valence-electron chi connectivity index (χ1n) is 7.93. The fourth-order valence-electron chi connectivity index (χ4n) is 2.58. The van der Waals surface area contributed by atoms with Crippen LogP contribution in [0.2, 0.25) is 5.02 Å². The molecular weight excluding hydrogens is 411 g/mol. The van der Waals surface area contributed by atoms with E-state index in [2.05, 4.69) is 15.3 Å². The molecule has 4 aromatic rings. The van der Waals surface area contributed by atoms with Crippen molar-refractivity contribution in [2.24, 2.45) is 0 Å². The predicted octanol–water partition coefficient (Wildman–Crippen LogP) is 5.31. The van der Waals surface area contributed by atoms with Gasteiger partial charge in [-0.05, 0) is 30.3 Å². The van der Waals surface area contributed by atoms with Crippen LogP contribution in [0.4, 0.5) is 19.0 Å². The molecule has 2 N–H and O–H groups in total. The van der Waals surface area contributed by atoms with Gasteiger partial charge in [-0.15, -0.1) is 16.4 Å². The van der Waals surface area contributed by atoms with Crippen molar-refractivity contribution in [1.82, 2.24) is 20.0 Å². The molecule has 0 spiro atoms. The van der Waals surface area contributed by atoms with Crippen LogP contribution < -0.4 is 5.73 Å². The molecule has 4 rings (SSSR count). The van der Waals surface area contributed by atoms with Gasteiger partial charge in [0.1, 0.15) is 5.01 Å². The van der Waals surface area contributed by atoms with Gasteiger partial charge in [-0.2, -0.15) is 17.9 Å². The number of nitrogens with zero attached hydrogens (tertiary/aromatic N) is 4. The van der Waals surface area contributed by atoms with Crippen LogP contribution in [0.25, 0.3) is 27.6 Å². The molecule has 0 bridgehead atoms. The summed E-state index contributed by atoms with van der Waals surface area (Å²) in [6.07, 6.45) is -4.46. The molecule has 0 radical (unpaired) electrons. The normalized spacial score (nSPS) is 11.7. The lowest BCUT2D eigenvalue weighted by Crippen LogP contribution is -2.08. The number of hydrogen-bond donors (Lipinski definition) is 1. The van der Waals surface area contributed by atoms with E-state index in [4.69, 9.17) is 17.3 Å². The summed E-state index contributed by atoms with van der Waals surface area (Å²) in [4.78, 5) is 4.50. The predicted molar refractivity (Wildman–Crippen MR) is 102 cm³/mol. The molecule has 0 unspecified atom stereocenters. The molecule has 2 aromatic carbocycles. The molecule has 0 saturated carbocycles. The van der Waals surface area contributed by atoms with Crippen molar-refractivity contribution >= 4 is 28.8 Å². The average molecular weight is 422 g/mol. The zero-order valence-electron chi connectivity index (χ0n) is 14.0. The fraction of sp³-hybridized carbons (Fsp3) is 0.0556. The van der Waals surface area contributed by atoms with Gasteiger partial charge in [0.2, 0.25) is 0 Å². The van der Waals surface area contributed by atoms with Crippen LogP contribution in [0, 0.1) is 0 Å². The van der Waals surface area contributed by atoms with E-state index >= 15 is 0 Å². The van der Waals surface area contributed by atoms with Crippen LogP contribution in [-0.2, 0) is 6.18 Å². The van der Waals surface area contributed by atoms with Crippen LogP contribution in [0.5, 0.6) is 0 Å². The first-order valence-corrected chi connectivity index (χ1v) is 9.19. The Morgan fingerprint density at radius 2 is 1.82 bits per heavy atom. The Morgan fingerprint density at radius 3 is 2.54 bits per heavy atom. The summed E-state index contributed by atoms with van der Waals surface area (Å²) in [6.45, 7) is 0. The Labute approximate surface area is 166 Å². The molecular formula is C18H11ClF3N5S. The van der Waals surface area contributed by atoms with Crippen molar-refractivity contribution in [3.8, 4) is 27.6 Å². The maximum Gasteiger partial charge on any atom is 0.416 e. The van der Waals surface area contributed by atoms with Crippen molar-refractivity contribution in [2.45, 2.75) is 6.18 Å². The molecule has 2 aromatic heterocycles. The number of anilines is 1. The quantitative estimate of drug-likeness (QED) is 0.486. The summed E-state index contributed by atoms with van der Waals surface area (Å²) in [5.74, 6) is 0.108. The highest BCUT2D eigenvalue weighted by atomic mass is 35.5. The van der Waals surface area contributed by atoms with Crippen LogP contribution >= 0.6 is 22.9 Å². The molecule has 0 aliphatic carbocycles. The fourth-order valence-corrected chi connectivity index (χ4v) is 3.53. The number of rotatable bonds is 3. The molecule has 10 heteroatoms. The summed E-state index contributed by atoms with van der Waals surface area (Å²) in [6, 6.07) is 11.9. The average Bonchev–Trinajstić information content (AvgIpc) is 3.28. The van der Waals surface area contributed by atoms with E-state index in [1.54, 1.807) is 12.1 Å². The third kappa shape index (κ3) is 3.46. The molecule has 0 aliphatic heterocycles. The Bertz CT molecular complexity index is 1130. The Balaban J connectivity index is 1.69. The van der Waals surface area contributed by atoms with Crippen molar-refractivity contribution in [3.63, 3.8) is 0 Å². The van der Waals surface area contributed by atoms with Gasteiger partial charge >= 0.3 is 6.18 Å². The number of nitrogen functional groups attached to an aromatic ring is 1. The van der Waals surface area contributed by atoms with Gasteiger partial charge in [-0.3, -0.25) is 0 Å². The zero-order chi connectivity index (χ0) is 19.9. The second-order valence-electron chi connectivity index (χ2n) is 5.83. The van der Waals surface area contributed by atoms with Crippen molar-refractivity contribution in [2.75, 3.05) is 5.73 Å². The molecule has 2 heterocycles. The third-order valence-corrected chi connectivity index (χ3v) is 5.07. The largest absolute Gasteiger partial charge is 0.416 e. The van der Waals surface area contributed by atoms with Gasteiger partial charge in [0.05, 0.1) is 16.9 Å². The van der Waals surface area contributed by atoms with E-state index in [1.807, 2.05) is 17.5 Å². The first-order chi connectivity index (χ1) is 13.3. The summed E-state index contributed by atoms with van der Waals surface area (Å²) in [7, 11) is 0. The molecule has 0 saturated heterocycles. The van der Waals surface area contributed by atoms with Crippen molar-refractivity contribution in [1.29, 1.82) is 0 Å². The van der Waals surface area contributed by atoms with Gasteiger partial charge < -0.3 is 5.73 Å². The molecule has 142 valence electrons. The maximum atomic E-state index is 13.0. The van der Waals surface area contributed by atoms with Crippen molar-refractivity contribution in [3.05, 3.63) is 64.5 Å². The Kier molecular flexibility index (Phi) is 4.56. The lowest BCUT2D eigenvalue weighted by atomic mass is 10.2. The highest BCUT2D eigenvalue weighted by Gasteiger charge is 2.31. The second kappa shape index (κ2) is 6.92. The zero-order valence-corrected chi connectivity index (χ0v) is 15.6. The minimum Gasteiger partial charge on any atom is -0.382 e. The van der Waals surface area contributed by atoms with Crippen molar-refractivity contribution < 1.29 is 13.2 Å². The molecule has 5 nitrogen and oxygen atoms in total. The molecule has 0 atom stereocenters. The SMILES string of the molecule is Nc1c(-c2nc(-c3ccc(Cl)cc3)cs2)nnn1-c1cccc(C(F)(F)F)c1. The molecule has 0 aliphatic rings. The van der Waals surface area contributed by atoms with E-state index in [0.29, 0.717) is 21.4 Å². The van der Waals surface area contributed by atoms with Crippen LogP contribution in [0.1, 0.15) is 5.56 Å². The Hall–Kier alpha value is -2.91. The van der Waals surface area contributed by atoms with Gasteiger partial charge in [0.15, 0.2) is 11.5 Å². The van der Waals surface area contributed by atoms with Gasteiger partial charge in [0, 0.05) is 16.0 Å². The number of hydrogen-bond acceptors (Lipinski definition) is 5. The highest BCUT2D eigenvalue weighted by Crippen LogP contribution is 2.34. The highest BCUT2D eigenvalue weighted by molar-refractivity contribution is 7.13. The van der Waals surface area contributed by atoms with E-state index in [0.717, 1.165) is 22.4 Å². The van der Waals surface area contributed by atoms with Crippen LogP contribution in [0.3, 0.4) is 0 Å². The van der Waals surface area contributed by atoms with E-state index in [-0.39, 0.29) is 11.5 Å². The lowest BCUT2D eigenvalue weighted by molar-refractivity contribution is -0.137. The number of alkyl halides is 3. The lowest BCUT2D eigenvalue weighted by Gasteiger charge is -2.09. The maximum absolute atomic E-state index is 13.0. The van der Waals surface area contributed by atoms with Gasteiger partial charge in [-0.1, -0.05) is 35.0 Å². The minimum atomic E-state index is -4.46. The summed E-state index contributed by atoms with van der Waals surface area (Å²) in [5, 5.41) is 10.9. The second-order valence-corrected chi connectivity index (χ2v) is 7.12. The topological polar surface area (TPSA) is 69.6 Å². The number of nitrogens with two attached hydrogens (primary N) is 1. The summed E-state index contributed by atoms with van der Waals surface area (Å²) < 4.78 is 40.0. The minimum absolute atomic E-state index is 0.108. The number of thiazole rings is 1. The summed E-state index contributed by atoms with van der Waals surface area (Å²) in [5.41, 5.74) is 7.37. The van der Waals surface area contributed by atoms with E-state index in [1.165, 1.54) is 23.5 Å². The molecule has 28 heavy (non-hydrogen) atoms. The number of benzene rings is 2. The third-order valence-electron chi connectivity index (χ3n) is 3.97. The van der Waals surface area contributed by atoms with E-state index in [9.17, 15) is 13.2 Å². The molecule has 0 amide bonds. The number of halogens is 4. The number of aromatic nitrogens is 4. The monoisotopic (exact) mass is 421 g/mol. The summed E-state index contributed by atoms with van der Waals surface area (Å²) >= 11 is 7.21. The Morgan fingerprint density at radius 1 is 1.07 bits per heavy atom. The van der Waals surface area contributed by atoms with Gasteiger partial charge in [0.25, 0.3) is 0 Å².